The van der Waals surface area contributed by atoms with Gasteiger partial charge in [-0.1, -0.05) is 24.1 Å². The van der Waals surface area contributed by atoms with Gasteiger partial charge in [-0.2, -0.15) is 5.10 Å². The Bertz CT molecular complexity index is 722. The molecule has 25 heavy (non-hydrogen) atoms. The lowest BCUT2D eigenvalue weighted by Gasteiger charge is -2.26. The van der Waals surface area contributed by atoms with E-state index in [1.54, 1.807) is 10.9 Å². The first-order valence-corrected chi connectivity index (χ1v) is 9.34. The molecule has 1 amide bonds. The molecule has 1 aliphatic heterocycles. The van der Waals surface area contributed by atoms with Gasteiger partial charge in [-0.3, -0.25) is 4.79 Å². The molecular formula is C19H25ClN4O. The SMILES string of the molecule is Cc1c(C(=O)NCCCN2CCCCC2)cnn1-c1cccc(Cl)c1. The highest BCUT2D eigenvalue weighted by atomic mass is 35.5. The molecule has 0 spiro atoms. The fraction of sp³-hybridized carbons (Fsp3) is 0.474. The van der Waals surface area contributed by atoms with Gasteiger partial charge in [0.2, 0.25) is 0 Å². The van der Waals surface area contributed by atoms with Crippen molar-refractivity contribution in [1.29, 1.82) is 0 Å². The summed E-state index contributed by atoms with van der Waals surface area (Å²) in [5, 5.41) is 8.00. The van der Waals surface area contributed by atoms with Gasteiger partial charge in [-0.25, -0.2) is 4.68 Å². The van der Waals surface area contributed by atoms with Crippen LogP contribution in [-0.4, -0.2) is 46.8 Å². The lowest BCUT2D eigenvalue weighted by molar-refractivity contribution is 0.0950. The molecule has 1 aliphatic rings. The van der Waals surface area contributed by atoms with Crippen LogP contribution in [0.2, 0.25) is 5.02 Å². The maximum atomic E-state index is 12.4. The molecule has 0 saturated carbocycles. The zero-order chi connectivity index (χ0) is 17.6. The highest BCUT2D eigenvalue weighted by Gasteiger charge is 2.15. The number of rotatable bonds is 6. The van der Waals surface area contributed by atoms with Crippen LogP contribution < -0.4 is 5.32 Å². The second kappa shape index (κ2) is 8.50. The number of carbonyl (C=O) groups excluding carboxylic acids is 1. The summed E-state index contributed by atoms with van der Waals surface area (Å²) in [6.45, 7) is 6.04. The van der Waals surface area contributed by atoms with Crippen LogP contribution >= 0.6 is 11.6 Å². The Kier molecular flexibility index (Phi) is 6.10. The molecule has 0 bridgehead atoms. The predicted octanol–water partition coefficient (Wildman–Crippen LogP) is 3.44. The summed E-state index contributed by atoms with van der Waals surface area (Å²) >= 11 is 6.04. The molecule has 0 atom stereocenters. The zero-order valence-electron chi connectivity index (χ0n) is 14.7. The fourth-order valence-corrected chi connectivity index (χ4v) is 3.47. The summed E-state index contributed by atoms with van der Waals surface area (Å²) in [5.41, 5.74) is 2.28. The van der Waals surface area contributed by atoms with Crippen molar-refractivity contribution in [3.8, 4) is 5.69 Å². The number of nitrogens with one attached hydrogen (secondary N) is 1. The van der Waals surface area contributed by atoms with Crippen molar-refractivity contribution in [1.82, 2.24) is 20.0 Å². The van der Waals surface area contributed by atoms with Gasteiger partial charge in [0.25, 0.3) is 5.91 Å². The summed E-state index contributed by atoms with van der Waals surface area (Å²) in [4.78, 5) is 14.9. The number of likely N-dealkylation sites (tertiary alicyclic amines) is 1. The monoisotopic (exact) mass is 360 g/mol. The number of aromatic nitrogens is 2. The van der Waals surface area contributed by atoms with E-state index in [1.807, 2.05) is 31.2 Å². The van der Waals surface area contributed by atoms with Gasteiger partial charge >= 0.3 is 0 Å². The number of hydrogen-bond acceptors (Lipinski definition) is 3. The van der Waals surface area contributed by atoms with Crippen molar-refractivity contribution >= 4 is 17.5 Å². The van der Waals surface area contributed by atoms with Crippen molar-refractivity contribution in [2.75, 3.05) is 26.2 Å². The van der Waals surface area contributed by atoms with Crippen LogP contribution in [0.25, 0.3) is 5.69 Å². The van der Waals surface area contributed by atoms with Gasteiger partial charge < -0.3 is 10.2 Å². The summed E-state index contributed by atoms with van der Waals surface area (Å²) < 4.78 is 1.74. The lowest BCUT2D eigenvalue weighted by Crippen LogP contribution is -2.33. The first-order valence-electron chi connectivity index (χ1n) is 8.96. The highest BCUT2D eigenvalue weighted by molar-refractivity contribution is 6.30. The van der Waals surface area contributed by atoms with Gasteiger partial charge in [0.15, 0.2) is 0 Å². The summed E-state index contributed by atoms with van der Waals surface area (Å²) in [7, 11) is 0. The molecule has 3 rings (SSSR count). The Morgan fingerprint density at radius 2 is 2.08 bits per heavy atom. The van der Waals surface area contributed by atoms with Crippen LogP contribution in [0, 0.1) is 6.92 Å². The van der Waals surface area contributed by atoms with Gasteiger partial charge in [0.05, 0.1) is 23.1 Å². The molecular weight excluding hydrogens is 336 g/mol. The van der Waals surface area contributed by atoms with Crippen LogP contribution in [0.1, 0.15) is 41.7 Å². The molecule has 0 unspecified atom stereocenters. The number of nitrogens with zero attached hydrogens (tertiary/aromatic N) is 3. The van der Waals surface area contributed by atoms with Gasteiger partial charge in [-0.05, 0) is 64.0 Å². The Hall–Kier alpha value is -1.85. The lowest BCUT2D eigenvalue weighted by atomic mass is 10.1. The minimum absolute atomic E-state index is 0.0653. The topological polar surface area (TPSA) is 50.2 Å². The second-order valence-electron chi connectivity index (χ2n) is 6.55. The van der Waals surface area contributed by atoms with Crippen molar-refractivity contribution in [3.05, 3.63) is 46.7 Å². The molecule has 1 aromatic carbocycles. The maximum Gasteiger partial charge on any atom is 0.254 e. The van der Waals surface area contributed by atoms with E-state index in [1.165, 1.54) is 32.4 Å². The van der Waals surface area contributed by atoms with E-state index in [9.17, 15) is 4.79 Å². The fourth-order valence-electron chi connectivity index (χ4n) is 3.28. The van der Waals surface area contributed by atoms with Crippen molar-refractivity contribution in [3.63, 3.8) is 0 Å². The zero-order valence-corrected chi connectivity index (χ0v) is 15.4. The average molecular weight is 361 g/mol. The van der Waals surface area contributed by atoms with Gasteiger partial charge in [-0.15, -0.1) is 0 Å². The molecule has 2 heterocycles. The van der Waals surface area contributed by atoms with Crippen LogP contribution in [0.15, 0.2) is 30.5 Å². The molecule has 5 nitrogen and oxygen atoms in total. The Labute approximate surface area is 154 Å². The summed E-state index contributed by atoms with van der Waals surface area (Å²) in [6.07, 6.45) is 6.55. The summed E-state index contributed by atoms with van der Waals surface area (Å²) in [6, 6.07) is 7.45. The molecule has 1 fully saturated rings. The van der Waals surface area contributed by atoms with E-state index in [0.29, 0.717) is 17.1 Å². The first kappa shape index (κ1) is 18.0. The number of amides is 1. The molecule has 2 aromatic rings. The van der Waals surface area contributed by atoms with Crippen molar-refractivity contribution in [2.45, 2.75) is 32.6 Å². The van der Waals surface area contributed by atoms with E-state index in [0.717, 1.165) is 24.3 Å². The minimum atomic E-state index is -0.0653. The van der Waals surface area contributed by atoms with Crippen molar-refractivity contribution in [2.24, 2.45) is 0 Å². The first-order chi connectivity index (χ1) is 12.1. The molecule has 6 heteroatoms. The van der Waals surface area contributed by atoms with E-state index < -0.39 is 0 Å². The Morgan fingerprint density at radius 1 is 1.28 bits per heavy atom. The smallest absolute Gasteiger partial charge is 0.254 e. The average Bonchev–Trinajstić information content (AvgIpc) is 3.01. The minimum Gasteiger partial charge on any atom is -0.352 e. The van der Waals surface area contributed by atoms with Crippen molar-refractivity contribution < 1.29 is 4.79 Å². The van der Waals surface area contributed by atoms with Gasteiger partial charge in [0, 0.05) is 11.6 Å². The third-order valence-electron chi connectivity index (χ3n) is 4.69. The molecule has 134 valence electrons. The third-order valence-corrected chi connectivity index (χ3v) is 4.93. The maximum absolute atomic E-state index is 12.4. The van der Waals surface area contributed by atoms with Crippen LogP contribution in [0.5, 0.6) is 0 Å². The molecule has 1 N–H and O–H groups in total. The normalized spacial score (nSPS) is 15.3. The standard InChI is InChI=1S/C19H25ClN4O/c1-15-18(14-22-24(15)17-8-5-7-16(20)13-17)19(25)21-9-6-12-23-10-3-2-4-11-23/h5,7-8,13-14H,2-4,6,9-12H2,1H3,(H,21,25). The molecule has 0 radical (unpaired) electrons. The van der Waals surface area contributed by atoms with Crippen LogP contribution in [0.4, 0.5) is 0 Å². The molecule has 1 aromatic heterocycles. The van der Waals surface area contributed by atoms with Crippen LogP contribution in [0.3, 0.4) is 0 Å². The predicted molar refractivity (Wildman–Crippen MR) is 101 cm³/mol. The molecule has 0 aliphatic carbocycles. The van der Waals surface area contributed by atoms with E-state index in [-0.39, 0.29) is 5.91 Å². The quantitative estimate of drug-likeness (QED) is 0.803. The third kappa shape index (κ3) is 4.61. The van der Waals surface area contributed by atoms with Crippen LogP contribution in [-0.2, 0) is 0 Å². The van der Waals surface area contributed by atoms with E-state index in [2.05, 4.69) is 15.3 Å². The number of piperidine rings is 1. The van der Waals surface area contributed by atoms with Gasteiger partial charge in [0.1, 0.15) is 0 Å². The Balaban J connectivity index is 1.54. The summed E-state index contributed by atoms with van der Waals surface area (Å²) in [5.74, 6) is -0.0653. The highest BCUT2D eigenvalue weighted by Crippen LogP contribution is 2.18. The van der Waals surface area contributed by atoms with E-state index in [4.69, 9.17) is 11.6 Å². The number of hydrogen-bond donors (Lipinski definition) is 1. The largest absolute Gasteiger partial charge is 0.352 e. The second-order valence-corrected chi connectivity index (χ2v) is 6.98. The Morgan fingerprint density at radius 3 is 2.84 bits per heavy atom. The number of halogens is 1. The molecule has 1 saturated heterocycles. The number of carbonyl (C=O) groups is 1. The number of benzene rings is 1. The van der Waals surface area contributed by atoms with E-state index >= 15 is 0 Å².